The molecule has 158 valence electrons. The van der Waals surface area contributed by atoms with Gasteiger partial charge in [0.1, 0.15) is 6.54 Å². The Labute approximate surface area is 170 Å². The molecule has 8 heteroatoms. The molecule has 0 aromatic heterocycles. The number of carbonyl (C=O) groups is 3. The average Bonchev–Trinajstić information content (AvgIpc) is 2.64. The van der Waals surface area contributed by atoms with Crippen LogP contribution in [-0.2, 0) is 25.7 Å². The van der Waals surface area contributed by atoms with Gasteiger partial charge in [0, 0.05) is 12.4 Å². The zero-order chi connectivity index (χ0) is 21.7. The van der Waals surface area contributed by atoms with Gasteiger partial charge in [0.2, 0.25) is 0 Å². The molecule has 1 unspecified atom stereocenters. The van der Waals surface area contributed by atoms with Gasteiger partial charge in [-0.3, -0.25) is 14.5 Å². The molecule has 0 spiro atoms. The number of benzene rings is 1. The fourth-order valence-electron chi connectivity index (χ4n) is 3.30. The van der Waals surface area contributed by atoms with Crippen molar-refractivity contribution in [2.75, 3.05) is 19.8 Å². The van der Waals surface area contributed by atoms with E-state index in [1.807, 2.05) is 30.3 Å². The molecular weight excluding hydrogens is 376 g/mol. The minimum Gasteiger partial charge on any atom is -0.465 e. The van der Waals surface area contributed by atoms with Gasteiger partial charge in [0.25, 0.3) is 5.91 Å². The first-order chi connectivity index (χ1) is 13.6. The van der Waals surface area contributed by atoms with Crippen LogP contribution in [-0.4, -0.2) is 58.2 Å². The van der Waals surface area contributed by atoms with Gasteiger partial charge >= 0.3 is 12.1 Å². The third kappa shape index (κ3) is 4.76. The van der Waals surface area contributed by atoms with Crippen LogP contribution in [0.25, 0.3) is 0 Å². The number of esters is 1. The van der Waals surface area contributed by atoms with Gasteiger partial charge < -0.3 is 19.5 Å². The molecule has 1 aliphatic heterocycles. The lowest BCUT2D eigenvalue weighted by molar-refractivity contribution is -0.160. The van der Waals surface area contributed by atoms with Crippen LogP contribution in [0.1, 0.15) is 33.3 Å². The van der Waals surface area contributed by atoms with Gasteiger partial charge in [-0.05, 0) is 17.9 Å². The van der Waals surface area contributed by atoms with E-state index in [-0.39, 0.29) is 26.4 Å². The highest BCUT2D eigenvalue weighted by Gasteiger charge is 2.58. The van der Waals surface area contributed by atoms with E-state index in [1.54, 1.807) is 27.7 Å². The fraction of sp³-hybridized carbons (Fsp3) is 0.476. The van der Waals surface area contributed by atoms with Gasteiger partial charge in [0.05, 0.1) is 19.8 Å². The molecule has 1 atom stereocenters. The number of rotatable bonds is 7. The molecule has 1 heterocycles. The highest BCUT2D eigenvalue weighted by atomic mass is 16.5. The van der Waals surface area contributed by atoms with Crippen molar-refractivity contribution in [3.8, 4) is 0 Å². The highest BCUT2D eigenvalue weighted by Crippen LogP contribution is 2.40. The molecule has 0 bridgehead atoms. The summed E-state index contributed by atoms with van der Waals surface area (Å²) >= 11 is 0. The standard InChI is InChI=1S/C21H28N2O6/c1-5-29-17(24)13-22-11-12-23(19(26)27)21(18(22)25,20(2,3)4)15-28-14-16-9-7-6-8-10-16/h6-12H,5,13-15H2,1-4H3,(H,26,27). The zero-order valence-corrected chi connectivity index (χ0v) is 17.3. The molecular formula is C21H28N2O6. The Morgan fingerprint density at radius 2 is 1.79 bits per heavy atom. The maximum atomic E-state index is 13.5. The molecule has 29 heavy (non-hydrogen) atoms. The minimum atomic E-state index is -1.55. The Balaban J connectivity index is 2.35. The summed E-state index contributed by atoms with van der Waals surface area (Å²) in [6, 6.07) is 9.40. The predicted octanol–water partition coefficient (Wildman–Crippen LogP) is 2.84. The summed E-state index contributed by atoms with van der Waals surface area (Å²) in [6.07, 6.45) is 1.30. The first-order valence-electron chi connectivity index (χ1n) is 9.42. The van der Waals surface area contributed by atoms with E-state index >= 15 is 0 Å². The smallest absolute Gasteiger partial charge is 0.412 e. The van der Waals surface area contributed by atoms with Gasteiger partial charge in [-0.2, -0.15) is 0 Å². The van der Waals surface area contributed by atoms with Crippen molar-refractivity contribution in [1.29, 1.82) is 0 Å². The highest BCUT2D eigenvalue weighted by molar-refractivity contribution is 5.95. The topological polar surface area (TPSA) is 96.4 Å². The van der Waals surface area contributed by atoms with Gasteiger partial charge in [0.15, 0.2) is 5.54 Å². The van der Waals surface area contributed by atoms with E-state index in [2.05, 4.69) is 0 Å². The lowest BCUT2D eigenvalue weighted by Crippen LogP contribution is -2.70. The molecule has 0 aliphatic carbocycles. The number of amides is 2. The first kappa shape index (κ1) is 22.4. The molecule has 1 aromatic rings. The summed E-state index contributed by atoms with van der Waals surface area (Å²) in [4.78, 5) is 39.5. The molecule has 2 amide bonds. The number of nitrogens with zero attached hydrogens (tertiary/aromatic N) is 2. The maximum absolute atomic E-state index is 13.5. The van der Waals surface area contributed by atoms with Crippen molar-refractivity contribution in [3.05, 3.63) is 48.3 Å². The van der Waals surface area contributed by atoms with Crippen molar-refractivity contribution in [2.24, 2.45) is 5.41 Å². The SMILES string of the molecule is CCOC(=O)CN1C=CN(C(=O)O)C(COCc2ccccc2)(C(C)(C)C)C1=O. The van der Waals surface area contributed by atoms with Gasteiger partial charge in [-0.15, -0.1) is 0 Å². The van der Waals surface area contributed by atoms with Gasteiger partial charge in [-0.25, -0.2) is 4.79 Å². The maximum Gasteiger partial charge on any atom is 0.412 e. The summed E-state index contributed by atoms with van der Waals surface area (Å²) in [5.41, 5.74) is -1.47. The molecule has 0 fully saturated rings. The normalized spacial score (nSPS) is 19.4. The van der Waals surface area contributed by atoms with Crippen molar-refractivity contribution in [3.63, 3.8) is 0 Å². The summed E-state index contributed by atoms with van der Waals surface area (Å²) in [6.45, 7) is 6.94. The van der Waals surface area contributed by atoms with Crippen LogP contribution >= 0.6 is 0 Å². The lowest BCUT2D eigenvalue weighted by Gasteiger charge is -2.51. The van der Waals surface area contributed by atoms with Crippen LogP contribution in [0.15, 0.2) is 42.7 Å². The molecule has 1 aromatic carbocycles. The van der Waals surface area contributed by atoms with Crippen molar-refractivity contribution in [1.82, 2.24) is 9.80 Å². The van der Waals surface area contributed by atoms with Crippen molar-refractivity contribution in [2.45, 2.75) is 39.8 Å². The molecule has 8 nitrogen and oxygen atoms in total. The average molecular weight is 404 g/mol. The molecule has 2 rings (SSSR count). The monoisotopic (exact) mass is 404 g/mol. The van der Waals surface area contributed by atoms with E-state index in [0.29, 0.717) is 0 Å². The van der Waals surface area contributed by atoms with Crippen molar-refractivity contribution < 1.29 is 29.0 Å². The zero-order valence-electron chi connectivity index (χ0n) is 17.3. The molecule has 1 aliphatic rings. The Hall–Kier alpha value is -2.87. The second-order valence-electron chi connectivity index (χ2n) is 7.78. The summed E-state index contributed by atoms with van der Waals surface area (Å²) in [5, 5.41) is 9.78. The second kappa shape index (κ2) is 9.09. The van der Waals surface area contributed by atoms with E-state index in [9.17, 15) is 19.5 Å². The quantitative estimate of drug-likeness (QED) is 0.702. The Bertz CT molecular complexity index is 771. The van der Waals surface area contributed by atoms with Crippen LogP contribution < -0.4 is 0 Å². The van der Waals surface area contributed by atoms with E-state index < -0.39 is 28.9 Å². The third-order valence-electron chi connectivity index (χ3n) is 4.90. The summed E-state index contributed by atoms with van der Waals surface area (Å²) in [5.74, 6) is -1.10. The van der Waals surface area contributed by atoms with Crippen LogP contribution in [0.4, 0.5) is 4.79 Å². The fourth-order valence-corrected chi connectivity index (χ4v) is 3.30. The molecule has 0 saturated carbocycles. The first-order valence-corrected chi connectivity index (χ1v) is 9.42. The Kier molecular flexibility index (Phi) is 7.02. The van der Waals surface area contributed by atoms with Crippen LogP contribution in [0.3, 0.4) is 0 Å². The Morgan fingerprint density at radius 1 is 1.14 bits per heavy atom. The number of hydrogen-bond acceptors (Lipinski definition) is 5. The molecule has 0 radical (unpaired) electrons. The minimum absolute atomic E-state index is 0.166. The predicted molar refractivity (Wildman–Crippen MR) is 106 cm³/mol. The van der Waals surface area contributed by atoms with Crippen LogP contribution in [0, 0.1) is 5.41 Å². The Morgan fingerprint density at radius 3 is 2.34 bits per heavy atom. The van der Waals surface area contributed by atoms with Crippen LogP contribution in [0.2, 0.25) is 0 Å². The lowest BCUT2D eigenvalue weighted by atomic mass is 9.71. The number of carboxylic acid groups (broad SMARTS) is 1. The van der Waals surface area contributed by atoms with Crippen molar-refractivity contribution >= 4 is 18.0 Å². The van der Waals surface area contributed by atoms with E-state index in [1.165, 1.54) is 17.3 Å². The number of hydrogen-bond donors (Lipinski definition) is 1. The van der Waals surface area contributed by atoms with E-state index in [4.69, 9.17) is 9.47 Å². The third-order valence-corrected chi connectivity index (χ3v) is 4.90. The van der Waals surface area contributed by atoms with Gasteiger partial charge in [-0.1, -0.05) is 51.1 Å². The summed E-state index contributed by atoms with van der Waals surface area (Å²) in [7, 11) is 0. The number of ether oxygens (including phenoxy) is 2. The second-order valence-corrected chi connectivity index (χ2v) is 7.78. The summed E-state index contributed by atoms with van der Waals surface area (Å²) < 4.78 is 10.8. The molecule has 1 N–H and O–H groups in total. The number of carbonyl (C=O) groups excluding carboxylic acids is 2. The largest absolute Gasteiger partial charge is 0.465 e. The van der Waals surface area contributed by atoms with Crippen LogP contribution in [0.5, 0.6) is 0 Å². The molecule has 0 saturated heterocycles. The van der Waals surface area contributed by atoms with E-state index in [0.717, 1.165) is 10.5 Å².